The van der Waals surface area contributed by atoms with Gasteiger partial charge in [0.15, 0.2) is 6.29 Å². The molecule has 3 aromatic rings. The highest BCUT2D eigenvalue weighted by Gasteiger charge is 2.20. The molecule has 1 aromatic carbocycles. The maximum absolute atomic E-state index is 13.3. The van der Waals surface area contributed by atoms with Crippen LogP contribution in [0.2, 0.25) is 0 Å². The van der Waals surface area contributed by atoms with E-state index in [1.54, 1.807) is 18.8 Å². The van der Waals surface area contributed by atoms with Crippen LogP contribution in [-0.2, 0) is 16.0 Å². The largest absolute Gasteiger partial charge is 0.494 e. The summed E-state index contributed by atoms with van der Waals surface area (Å²) in [5.41, 5.74) is 1.83. The van der Waals surface area contributed by atoms with Crippen molar-refractivity contribution in [2.45, 2.75) is 33.6 Å². The van der Waals surface area contributed by atoms with E-state index < -0.39 is 6.29 Å². The van der Waals surface area contributed by atoms with E-state index in [0.29, 0.717) is 17.8 Å². The van der Waals surface area contributed by atoms with E-state index >= 15 is 0 Å². The van der Waals surface area contributed by atoms with Gasteiger partial charge in [0, 0.05) is 24.7 Å². The molecule has 0 radical (unpaired) electrons. The second kappa shape index (κ2) is 8.21. The lowest BCUT2D eigenvalue weighted by molar-refractivity contribution is -0.111. The van der Waals surface area contributed by atoms with Gasteiger partial charge in [-0.15, -0.1) is 11.3 Å². The summed E-state index contributed by atoms with van der Waals surface area (Å²) >= 11 is 1.54. The number of methoxy groups -OCH3 is 2. The van der Waals surface area contributed by atoms with Gasteiger partial charge in [-0.1, -0.05) is 12.1 Å². The third-order valence-electron chi connectivity index (χ3n) is 4.49. The summed E-state index contributed by atoms with van der Waals surface area (Å²) in [6.07, 6.45) is -0.505. The first kappa shape index (κ1) is 19.5. The van der Waals surface area contributed by atoms with Crippen molar-refractivity contribution in [1.29, 1.82) is 0 Å². The van der Waals surface area contributed by atoms with Crippen LogP contribution in [0.4, 0.5) is 0 Å². The van der Waals surface area contributed by atoms with Crippen LogP contribution in [0.25, 0.3) is 21.3 Å². The predicted molar refractivity (Wildman–Crippen MR) is 108 cm³/mol. The topological polar surface area (TPSA) is 62.6 Å². The van der Waals surface area contributed by atoms with Gasteiger partial charge in [-0.05, 0) is 38.5 Å². The fourth-order valence-corrected chi connectivity index (χ4v) is 4.22. The number of nitrogens with zero attached hydrogens (tertiary/aromatic N) is 2. The van der Waals surface area contributed by atoms with Gasteiger partial charge in [0.05, 0.1) is 18.5 Å². The van der Waals surface area contributed by atoms with Crippen molar-refractivity contribution >= 4 is 21.6 Å². The molecule has 144 valence electrons. The smallest absolute Gasteiger partial charge is 0.263 e. The Labute approximate surface area is 162 Å². The molecule has 0 spiro atoms. The molecule has 2 heterocycles. The first-order valence-corrected chi connectivity index (χ1v) is 9.61. The van der Waals surface area contributed by atoms with E-state index in [4.69, 9.17) is 14.2 Å². The standard InChI is InChI=1S/C20H24N2O4S/c1-6-26-15-9-7-14(8-10-15)17-12(2)27-19-18(17)20(23)22(13(3)21-19)11-16(24-4)25-5/h7-10,16H,6,11H2,1-5H3. The first-order valence-electron chi connectivity index (χ1n) is 8.79. The van der Waals surface area contributed by atoms with Crippen molar-refractivity contribution in [2.24, 2.45) is 0 Å². The first-order chi connectivity index (χ1) is 13.0. The number of aromatic nitrogens is 2. The highest BCUT2D eigenvalue weighted by Crippen LogP contribution is 2.36. The maximum Gasteiger partial charge on any atom is 0.263 e. The molecule has 0 saturated heterocycles. The molecule has 3 rings (SSSR count). The van der Waals surface area contributed by atoms with E-state index in [1.165, 1.54) is 11.3 Å². The van der Waals surface area contributed by atoms with Crippen LogP contribution in [0.5, 0.6) is 5.75 Å². The fourth-order valence-electron chi connectivity index (χ4n) is 3.14. The normalized spacial score (nSPS) is 11.5. The summed E-state index contributed by atoms with van der Waals surface area (Å²) in [6.45, 7) is 6.71. The highest BCUT2D eigenvalue weighted by atomic mass is 32.1. The molecular weight excluding hydrogens is 364 g/mol. The zero-order chi connectivity index (χ0) is 19.6. The van der Waals surface area contributed by atoms with E-state index in [1.807, 2.05) is 45.0 Å². The van der Waals surface area contributed by atoms with Gasteiger partial charge in [0.25, 0.3) is 5.56 Å². The molecule has 0 bridgehead atoms. The van der Waals surface area contributed by atoms with Crippen LogP contribution in [-0.4, -0.2) is 36.7 Å². The van der Waals surface area contributed by atoms with Gasteiger partial charge in [0.2, 0.25) is 0 Å². The lowest BCUT2D eigenvalue weighted by atomic mass is 10.0. The molecule has 27 heavy (non-hydrogen) atoms. The molecule has 0 N–H and O–H groups in total. The van der Waals surface area contributed by atoms with Gasteiger partial charge in [-0.3, -0.25) is 9.36 Å². The highest BCUT2D eigenvalue weighted by molar-refractivity contribution is 7.19. The average Bonchev–Trinajstić information content (AvgIpc) is 2.98. The van der Waals surface area contributed by atoms with Crippen LogP contribution < -0.4 is 10.3 Å². The van der Waals surface area contributed by atoms with Crippen molar-refractivity contribution < 1.29 is 14.2 Å². The van der Waals surface area contributed by atoms with Crippen LogP contribution in [0.1, 0.15) is 17.6 Å². The monoisotopic (exact) mass is 388 g/mol. The number of benzene rings is 1. The predicted octanol–water partition coefficient (Wildman–Crippen LogP) is 3.76. The van der Waals surface area contributed by atoms with E-state index in [0.717, 1.165) is 26.6 Å². The summed E-state index contributed by atoms with van der Waals surface area (Å²) in [4.78, 5) is 19.8. The summed E-state index contributed by atoms with van der Waals surface area (Å²) in [6, 6.07) is 7.81. The SMILES string of the molecule is CCOc1ccc(-c2c(C)sc3nc(C)n(CC(OC)OC)c(=O)c23)cc1. The van der Waals surface area contributed by atoms with E-state index in [2.05, 4.69) is 4.98 Å². The molecule has 0 atom stereocenters. The van der Waals surface area contributed by atoms with E-state index in [-0.39, 0.29) is 12.1 Å². The Morgan fingerprint density at radius 2 is 1.81 bits per heavy atom. The van der Waals surface area contributed by atoms with E-state index in [9.17, 15) is 4.79 Å². The van der Waals surface area contributed by atoms with Crippen molar-refractivity contribution in [3.05, 3.63) is 45.3 Å². The second-order valence-corrected chi connectivity index (χ2v) is 7.35. The van der Waals surface area contributed by atoms with Gasteiger partial charge >= 0.3 is 0 Å². The van der Waals surface area contributed by atoms with Gasteiger partial charge in [-0.25, -0.2) is 4.98 Å². The Bertz CT molecular complexity index is 988. The number of rotatable bonds is 7. The molecule has 0 amide bonds. The van der Waals surface area contributed by atoms with Crippen molar-refractivity contribution in [3.63, 3.8) is 0 Å². The Morgan fingerprint density at radius 3 is 2.41 bits per heavy atom. The molecule has 0 saturated carbocycles. The van der Waals surface area contributed by atoms with Crippen LogP contribution in [0.3, 0.4) is 0 Å². The summed E-state index contributed by atoms with van der Waals surface area (Å²) in [7, 11) is 3.11. The lowest BCUT2D eigenvalue weighted by Gasteiger charge is -2.16. The Kier molecular flexibility index (Phi) is 5.94. The third-order valence-corrected chi connectivity index (χ3v) is 5.49. The molecule has 7 heteroatoms. The third kappa shape index (κ3) is 3.76. The number of ether oxygens (including phenoxy) is 3. The maximum atomic E-state index is 13.3. The van der Waals surface area contributed by atoms with Crippen molar-refractivity contribution in [3.8, 4) is 16.9 Å². The molecule has 0 aliphatic rings. The molecule has 0 unspecified atom stereocenters. The molecule has 0 aliphatic carbocycles. The van der Waals surface area contributed by atoms with Crippen LogP contribution >= 0.6 is 11.3 Å². The average molecular weight is 388 g/mol. The Balaban J connectivity index is 2.16. The minimum absolute atomic E-state index is 0.0789. The molecule has 6 nitrogen and oxygen atoms in total. The minimum Gasteiger partial charge on any atom is -0.494 e. The van der Waals surface area contributed by atoms with Crippen molar-refractivity contribution in [2.75, 3.05) is 20.8 Å². The molecular formula is C20H24N2O4S. The molecule has 0 fully saturated rings. The quantitative estimate of drug-likeness (QED) is 0.577. The zero-order valence-corrected chi connectivity index (χ0v) is 17.1. The minimum atomic E-state index is -0.505. The number of thiophene rings is 1. The second-order valence-electron chi connectivity index (χ2n) is 6.15. The lowest BCUT2D eigenvalue weighted by Crippen LogP contribution is -2.31. The summed E-state index contributed by atoms with van der Waals surface area (Å²) in [5, 5.41) is 0.637. The van der Waals surface area contributed by atoms with Gasteiger partial charge in [0.1, 0.15) is 16.4 Å². The summed E-state index contributed by atoms with van der Waals surface area (Å²) < 4.78 is 17.7. The molecule has 2 aromatic heterocycles. The fraction of sp³-hybridized carbons (Fsp3) is 0.400. The van der Waals surface area contributed by atoms with Gasteiger partial charge < -0.3 is 14.2 Å². The van der Waals surface area contributed by atoms with Crippen molar-refractivity contribution in [1.82, 2.24) is 9.55 Å². The molecule has 0 aliphatic heterocycles. The zero-order valence-electron chi connectivity index (χ0n) is 16.2. The summed E-state index contributed by atoms with van der Waals surface area (Å²) in [5.74, 6) is 1.46. The number of fused-ring (bicyclic) bond motifs is 1. The number of hydrogen-bond donors (Lipinski definition) is 0. The van der Waals surface area contributed by atoms with Crippen LogP contribution in [0.15, 0.2) is 29.1 Å². The Morgan fingerprint density at radius 1 is 1.15 bits per heavy atom. The van der Waals surface area contributed by atoms with Crippen LogP contribution in [0, 0.1) is 13.8 Å². The Hall–Kier alpha value is -2.22. The number of hydrogen-bond acceptors (Lipinski definition) is 6. The van der Waals surface area contributed by atoms with Gasteiger partial charge in [-0.2, -0.15) is 0 Å². The number of aryl methyl sites for hydroxylation is 2.